The zero-order valence-electron chi connectivity index (χ0n) is 7.16. The number of benzene rings is 1. The molecule has 12 heavy (non-hydrogen) atoms. The SMILES string of the molecule is C[C@@H](CCl)OCc1ccccc1. The fourth-order valence-electron chi connectivity index (χ4n) is 0.857. The lowest BCUT2D eigenvalue weighted by atomic mass is 10.2. The molecule has 0 aliphatic carbocycles. The van der Waals surface area contributed by atoms with Crippen molar-refractivity contribution in [2.45, 2.75) is 19.6 Å². The van der Waals surface area contributed by atoms with Crippen LogP contribution in [0, 0.1) is 0 Å². The number of hydrogen-bond acceptors (Lipinski definition) is 1. The van der Waals surface area contributed by atoms with Crippen molar-refractivity contribution in [1.29, 1.82) is 0 Å². The van der Waals surface area contributed by atoms with Gasteiger partial charge in [0.05, 0.1) is 12.7 Å². The summed E-state index contributed by atoms with van der Waals surface area (Å²) in [6, 6.07) is 10.1. The van der Waals surface area contributed by atoms with Crippen LogP contribution in [-0.4, -0.2) is 12.0 Å². The van der Waals surface area contributed by atoms with E-state index in [1.54, 1.807) is 0 Å². The smallest absolute Gasteiger partial charge is 0.0721 e. The van der Waals surface area contributed by atoms with Crippen molar-refractivity contribution in [3.05, 3.63) is 35.9 Å². The third kappa shape index (κ3) is 3.24. The van der Waals surface area contributed by atoms with Gasteiger partial charge in [-0.3, -0.25) is 0 Å². The van der Waals surface area contributed by atoms with Gasteiger partial charge in [-0.2, -0.15) is 0 Å². The van der Waals surface area contributed by atoms with E-state index in [0.29, 0.717) is 12.5 Å². The second-order valence-corrected chi connectivity index (χ2v) is 3.07. The number of ether oxygens (including phenoxy) is 1. The Kier molecular flexibility index (Phi) is 4.12. The Morgan fingerprint density at radius 2 is 2.00 bits per heavy atom. The molecule has 2 heteroatoms. The highest BCUT2D eigenvalue weighted by Gasteiger charge is 1.98. The molecule has 0 aliphatic heterocycles. The molecule has 0 aliphatic rings. The van der Waals surface area contributed by atoms with Crippen molar-refractivity contribution in [2.24, 2.45) is 0 Å². The van der Waals surface area contributed by atoms with Crippen LogP contribution < -0.4 is 0 Å². The summed E-state index contributed by atoms with van der Waals surface area (Å²) in [7, 11) is 0. The molecule has 0 unspecified atom stereocenters. The van der Waals surface area contributed by atoms with Crippen molar-refractivity contribution >= 4 is 11.6 Å². The quantitative estimate of drug-likeness (QED) is 0.654. The summed E-state index contributed by atoms with van der Waals surface area (Å²) in [5.41, 5.74) is 1.19. The lowest BCUT2D eigenvalue weighted by molar-refractivity contribution is 0.0679. The molecule has 0 aromatic heterocycles. The van der Waals surface area contributed by atoms with Gasteiger partial charge in [-0.15, -0.1) is 11.6 Å². The van der Waals surface area contributed by atoms with Crippen LogP contribution in [0.5, 0.6) is 0 Å². The molecular formula is C10H13ClO. The molecule has 0 heterocycles. The molecule has 0 N–H and O–H groups in total. The van der Waals surface area contributed by atoms with E-state index >= 15 is 0 Å². The first-order chi connectivity index (χ1) is 5.83. The van der Waals surface area contributed by atoms with E-state index < -0.39 is 0 Å². The molecule has 1 atom stereocenters. The highest BCUT2D eigenvalue weighted by Crippen LogP contribution is 2.03. The fraction of sp³-hybridized carbons (Fsp3) is 0.400. The Morgan fingerprint density at radius 3 is 2.58 bits per heavy atom. The minimum absolute atomic E-state index is 0.131. The fourth-order valence-corrected chi connectivity index (χ4v) is 0.946. The minimum Gasteiger partial charge on any atom is -0.373 e. The van der Waals surface area contributed by atoms with Crippen LogP contribution in [0.4, 0.5) is 0 Å². The van der Waals surface area contributed by atoms with E-state index in [-0.39, 0.29) is 6.10 Å². The molecule has 0 radical (unpaired) electrons. The van der Waals surface area contributed by atoms with Crippen LogP contribution in [0.1, 0.15) is 12.5 Å². The first-order valence-electron chi connectivity index (χ1n) is 4.04. The van der Waals surface area contributed by atoms with E-state index in [1.807, 2.05) is 37.3 Å². The largest absolute Gasteiger partial charge is 0.373 e. The Bertz CT molecular complexity index is 210. The zero-order chi connectivity index (χ0) is 8.81. The van der Waals surface area contributed by atoms with Crippen molar-refractivity contribution < 1.29 is 4.74 Å². The first-order valence-corrected chi connectivity index (χ1v) is 4.58. The standard InChI is InChI=1S/C10H13ClO/c1-9(7-11)12-8-10-5-3-2-4-6-10/h2-6,9H,7-8H2,1H3/t9-/m0/s1. The van der Waals surface area contributed by atoms with Gasteiger partial charge < -0.3 is 4.74 Å². The molecule has 0 spiro atoms. The Balaban J connectivity index is 2.33. The highest BCUT2D eigenvalue weighted by molar-refractivity contribution is 6.18. The summed E-state index contributed by atoms with van der Waals surface area (Å²) in [6.07, 6.45) is 0.131. The lowest BCUT2D eigenvalue weighted by Crippen LogP contribution is -2.09. The maximum absolute atomic E-state index is 5.59. The highest BCUT2D eigenvalue weighted by atomic mass is 35.5. The molecule has 1 nitrogen and oxygen atoms in total. The summed E-state index contributed by atoms with van der Waals surface area (Å²) in [6.45, 7) is 2.62. The normalized spacial score (nSPS) is 12.8. The van der Waals surface area contributed by atoms with Gasteiger partial charge >= 0.3 is 0 Å². The van der Waals surface area contributed by atoms with Gasteiger partial charge in [0.15, 0.2) is 0 Å². The first kappa shape index (κ1) is 9.56. The molecule has 0 fully saturated rings. The van der Waals surface area contributed by atoms with E-state index in [9.17, 15) is 0 Å². The molecule has 0 saturated carbocycles. The number of halogens is 1. The average Bonchev–Trinajstić information content (AvgIpc) is 2.16. The third-order valence-electron chi connectivity index (χ3n) is 1.59. The van der Waals surface area contributed by atoms with Crippen molar-refractivity contribution in [1.82, 2.24) is 0 Å². The zero-order valence-corrected chi connectivity index (χ0v) is 7.92. The molecule has 1 rings (SSSR count). The van der Waals surface area contributed by atoms with Crippen LogP contribution in [-0.2, 0) is 11.3 Å². The van der Waals surface area contributed by atoms with Gasteiger partial charge in [0, 0.05) is 5.88 Å². The Morgan fingerprint density at radius 1 is 1.33 bits per heavy atom. The van der Waals surface area contributed by atoms with Gasteiger partial charge in [-0.1, -0.05) is 30.3 Å². The average molecular weight is 185 g/mol. The van der Waals surface area contributed by atoms with Gasteiger partial charge in [0.2, 0.25) is 0 Å². The minimum atomic E-state index is 0.131. The van der Waals surface area contributed by atoms with Gasteiger partial charge in [0.1, 0.15) is 0 Å². The Hall–Kier alpha value is -0.530. The van der Waals surface area contributed by atoms with Crippen LogP contribution in [0.2, 0.25) is 0 Å². The van der Waals surface area contributed by atoms with Crippen LogP contribution in [0.15, 0.2) is 30.3 Å². The maximum atomic E-state index is 5.59. The monoisotopic (exact) mass is 184 g/mol. The topological polar surface area (TPSA) is 9.23 Å². The predicted octanol–water partition coefficient (Wildman–Crippen LogP) is 2.83. The number of hydrogen-bond donors (Lipinski definition) is 0. The van der Waals surface area contributed by atoms with Crippen molar-refractivity contribution in [3.63, 3.8) is 0 Å². The molecule has 66 valence electrons. The van der Waals surface area contributed by atoms with Gasteiger partial charge in [-0.05, 0) is 12.5 Å². The number of alkyl halides is 1. The van der Waals surface area contributed by atoms with E-state index in [1.165, 1.54) is 5.56 Å². The third-order valence-corrected chi connectivity index (χ3v) is 2.03. The Labute approximate surface area is 78.3 Å². The molecule has 0 bridgehead atoms. The van der Waals surface area contributed by atoms with Crippen LogP contribution in [0.25, 0.3) is 0 Å². The predicted molar refractivity (Wildman–Crippen MR) is 51.4 cm³/mol. The summed E-state index contributed by atoms with van der Waals surface area (Å²) in [5, 5.41) is 0. The lowest BCUT2D eigenvalue weighted by Gasteiger charge is -2.08. The number of rotatable bonds is 4. The maximum Gasteiger partial charge on any atom is 0.0721 e. The van der Waals surface area contributed by atoms with Crippen molar-refractivity contribution in [3.8, 4) is 0 Å². The van der Waals surface area contributed by atoms with Crippen molar-refractivity contribution in [2.75, 3.05) is 5.88 Å². The molecule has 1 aromatic carbocycles. The van der Waals surface area contributed by atoms with Crippen LogP contribution >= 0.6 is 11.6 Å². The molecular weight excluding hydrogens is 172 g/mol. The summed E-state index contributed by atoms with van der Waals surface area (Å²) in [4.78, 5) is 0. The summed E-state index contributed by atoms with van der Waals surface area (Å²) < 4.78 is 5.45. The van der Waals surface area contributed by atoms with E-state index in [0.717, 1.165) is 0 Å². The second-order valence-electron chi connectivity index (χ2n) is 2.76. The summed E-state index contributed by atoms with van der Waals surface area (Å²) >= 11 is 5.59. The molecule has 0 amide bonds. The van der Waals surface area contributed by atoms with Gasteiger partial charge in [0.25, 0.3) is 0 Å². The van der Waals surface area contributed by atoms with E-state index in [4.69, 9.17) is 16.3 Å². The second kappa shape index (κ2) is 5.18. The molecule has 0 saturated heterocycles. The van der Waals surface area contributed by atoms with E-state index in [2.05, 4.69) is 0 Å². The summed E-state index contributed by atoms with van der Waals surface area (Å²) in [5.74, 6) is 0.548. The van der Waals surface area contributed by atoms with Crippen LogP contribution in [0.3, 0.4) is 0 Å². The molecule has 1 aromatic rings. The van der Waals surface area contributed by atoms with Gasteiger partial charge in [-0.25, -0.2) is 0 Å².